The number of hydrogen-bond acceptors (Lipinski definition) is 5. The smallest absolute Gasteiger partial charge is 0.351 e. The molecule has 0 atom stereocenters. The Kier molecular flexibility index (Phi) is 5.58. The molecule has 1 aromatic heterocycles. The van der Waals surface area contributed by atoms with E-state index in [0.717, 1.165) is 16.1 Å². The molecule has 3 aromatic rings. The van der Waals surface area contributed by atoms with Gasteiger partial charge in [0.2, 0.25) is 0 Å². The topological polar surface area (TPSA) is 59.4 Å². The normalized spacial score (nSPS) is 10.8. The monoisotopic (exact) mass is 353 g/mol. The highest BCUT2D eigenvalue weighted by atomic mass is 32.1. The van der Waals surface area contributed by atoms with Crippen LogP contribution in [0.5, 0.6) is 0 Å². The Morgan fingerprint density at radius 1 is 1.08 bits per heavy atom. The summed E-state index contributed by atoms with van der Waals surface area (Å²) in [5.41, 5.74) is 2.41. The molecule has 0 spiro atoms. The van der Waals surface area contributed by atoms with Crippen molar-refractivity contribution < 1.29 is 14.6 Å². The average Bonchev–Trinajstić information content (AvgIpc) is 3.02. The molecule has 25 heavy (non-hydrogen) atoms. The standard InChI is InChI=1S/C20H19NO3S/c1-14-21-17(12-13-22)19(25-14)20(23)24-18(15-8-4-2-5-9-15)16-10-6-3-7-11-16/h2-11,18,22H,12-13H2,1H3. The second kappa shape index (κ2) is 8.05. The first-order chi connectivity index (χ1) is 12.2. The molecule has 0 aliphatic heterocycles. The summed E-state index contributed by atoms with van der Waals surface area (Å²) in [6.45, 7) is 1.79. The minimum absolute atomic E-state index is 0.0513. The third-order valence-corrected chi connectivity index (χ3v) is 4.76. The van der Waals surface area contributed by atoms with Crippen LogP contribution in [0.1, 0.15) is 37.6 Å². The lowest BCUT2D eigenvalue weighted by Crippen LogP contribution is -2.13. The van der Waals surface area contributed by atoms with Crippen molar-refractivity contribution in [2.24, 2.45) is 0 Å². The molecule has 2 aromatic carbocycles. The predicted octanol–water partition coefficient (Wildman–Crippen LogP) is 3.93. The summed E-state index contributed by atoms with van der Waals surface area (Å²) in [6.07, 6.45) is -0.143. The summed E-state index contributed by atoms with van der Waals surface area (Å²) in [4.78, 5) is 17.6. The molecular weight excluding hydrogens is 334 g/mol. The van der Waals surface area contributed by atoms with Gasteiger partial charge in [0.05, 0.1) is 10.7 Å². The van der Waals surface area contributed by atoms with Crippen molar-refractivity contribution in [3.8, 4) is 0 Å². The highest BCUT2D eigenvalue weighted by molar-refractivity contribution is 7.13. The first kappa shape index (κ1) is 17.3. The van der Waals surface area contributed by atoms with Crippen molar-refractivity contribution in [1.82, 2.24) is 4.98 Å². The molecule has 4 nitrogen and oxygen atoms in total. The van der Waals surface area contributed by atoms with E-state index in [1.54, 1.807) is 0 Å². The zero-order valence-corrected chi connectivity index (χ0v) is 14.7. The van der Waals surface area contributed by atoms with Crippen LogP contribution in [-0.4, -0.2) is 22.7 Å². The molecule has 1 N–H and O–H groups in total. The van der Waals surface area contributed by atoms with Gasteiger partial charge in [-0.3, -0.25) is 0 Å². The predicted molar refractivity (Wildman–Crippen MR) is 97.8 cm³/mol. The zero-order valence-electron chi connectivity index (χ0n) is 13.9. The van der Waals surface area contributed by atoms with Crippen molar-refractivity contribution in [2.45, 2.75) is 19.4 Å². The van der Waals surface area contributed by atoms with Crippen LogP contribution < -0.4 is 0 Å². The maximum absolute atomic E-state index is 12.8. The summed E-state index contributed by atoms with van der Waals surface area (Å²) >= 11 is 1.30. The molecule has 0 radical (unpaired) electrons. The van der Waals surface area contributed by atoms with Crippen LogP contribution >= 0.6 is 11.3 Å². The molecule has 0 bridgehead atoms. The molecule has 0 aliphatic carbocycles. The van der Waals surface area contributed by atoms with Gasteiger partial charge in [0.15, 0.2) is 6.10 Å². The van der Waals surface area contributed by atoms with Gasteiger partial charge in [0.1, 0.15) is 4.88 Å². The summed E-state index contributed by atoms with van der Waals surface area (Å²) in [6, 6.07) is 19.3. The number of esters is 1. The van der Waals surface area contributed by atoms with E-state index >= 15 is 0 Å². The molecule has 0 aliphatic rings. The van der Waals surface area contributed by atoms with Crippen LogP contribution in [0, 0.1) is 6.92 Å². The van der Waals surface area contributed by atoms with E-state index < -0.39 is 12.1 Å². The lowest BCUT2D eigenvalue weighted by Gasteiger charge is -2.18. The molecule has 1 heterocycles. The Morgan fingerprint density at radius 3 is 2.16 bits per heavy atom. The SMILES string of the molecule is Cc1nc(CCO)c(C(=O)OC(c2ccccc2)c2ccccc2)s1. The molecule has 128 valence electrons. The van der Waals surface area contributed by atoms with Gasteiger partial charge < -0.3 is 9.84 Å². The highest BCUT2D eigenvalue weighted by Crippen LogP contribution is 2.29. The number of aliphatic hydroxyl groups is 1. The first-order valence-electron chi connectivity index (χ1n) is 8.07. The van der Waals surface area contributed by atoms with Gasteiger partial charge in [0.25, 0.3) is 0 Å². The van der Waals surface area contributed by atoms with Gasteiger partial charge in [-0.15, -0.1) is 11.3 Å². The Morgan fingerprint density at radius 2 is 1.64 bits per heavy atom. The van der Waals surface area contributed by atoms with Crippen molar-refractivity contribution in [1.29, 1.82) is 0 Å². The lowest BCUT2D eigenvalue weighted by atomic mass is 10.0. The van der Waals surface area contributed by atoms with Gasteiger partial charge in [-0.1, -0.05) is 60.7 Å². The van der Waals surface area contributed by atoms with Crippen LogP contribution in [0.3, 0.4) is 0 Å². The van der Waals surface area contributed by atoms with E-state index in [9.17, 15) is 9.90 Å². The Labute approximate surface area is 150 Å². The van der Waals surface area contributed by atoms with Gasteiger partial charge in [0, 0.05) is 13.0 Å². The number of carbonyl (C=O) groups excluding carboxylic acids is 1. The second-order valence-corrected chi connectivity index (χ2v) is 6.79. The fourth-order valence-corrected chi connectivity index (χ4v) is 3.50. The van der Waals surface area contributed by atoms with Gasteiger partial charge in [-0.2, -0.15) is 0 Å². The maximum atomic E-state index is 12.8. The van der Waals surface area contributed by atoms with E-state index in [2.05, 4.69) is 4.98 Å². The van der Waals surface area contributed by atoms with Gasteiger partial charge in [-0.05, 0) is 18.1 Å². The number of thiazole rings is 1. The summed E-state index contributed by atoms with van der Waals surface area (Å²) in [5, 5.41) is 9.97. The third kappa shape index (κ3) is 4.13. The number of hydrogen-bond donors (Lipinski definition) is 1. The third-order valence-electron chi connectivity index (χ3n) is 3.77. The van der Waals surface area contributed by atoms with Crippen molar-refractivity contribution >= 4 is 17.3 Å². The molecular formula is C20H19NO3S. The Hall–Kier alpha value is -2.50. The highest BCUT2D eigenvalue weighted by Gasteiger charge is 2.24. The molecule has 0 saturated carbocycles. The van der Waals surface area contributed by atoms with Crippen molar-refractivity contribution in [3.05, 3.63) is 87.4 Å². The number of nitrogens with zero attached hydrogens (tertiary/aromatic N) is 1. The number of aromatic nitrogens is 1. The molecule has 0 fully saturated rings. The van der Waals surface area contributed by atoms with Gasteiger partial charge in [-0.25, -0.2) is 9.78 Å². The van der Waals surface area contributed by atoms with Crippen LogP contribution in [0.2, 0.25) is 0 Å². The number of aryl methyl sites for hydroxylation is 1. The van der Waals surface area contributed by atoms with Crippen LogP contribution in [0.15, 0.2) is 60.7 Å². The van der Waals surface area contributed by atoms with E-state index in [0.29, 0.717) is 17.0 Å². The molecule has 0 unspecified atom stereocenters. The number of carbonyl (C=O) groups is 1. The summed E-state index contributed by atoms with van der Waals surface area (Å²) in [7, 11) is 0. The molecule has 0 amide bonds. The number of ether oxygens (including phenoxy) is 1. The minimum atomic E-state index is -0.487. The minimum Gasteiger partial charge on any atom is -0.448 e. The quantitative estimate of drug-likeness (QED) is 0.682. The number of benzene rings is 2. The van der Waals surface area contributed by atoms with E-state index in [4.69, 9.17) is 4.74 Å². The molecule has 0 saturated heterocycles. The zero-order chi connectivity index (χ0) is 17.6. The average molecular weight is 353 g/mol. The number of rotatable bonds is 6. The summed E-state index contributed by atoms with van der Waals surface area (Å²) < 4.78 is 5.86. The van der Waals surface area contributed by atoms with Crippen molar-refractivity contribution in [3.63, 3.8) is 0 Å². The Bertz CT molecular complexity index is 791. The van der Waals surface area contributed by atoms with Gasteiger partial charge >= 0.3 is 5.97 Å². The van der Waals surface area contributed by atoms with E-state index in [1.165, 1.54) is 11.3 Å². The fraction of sp³-hybridized carbons (Fsp3) is 0.200. The summed E-state index contributed by atoms with van der Waals surface area (Å²) in [5.74, 6) is -0.410. The molecule has 5 heteroatoms. The molecule has 3 rings (SSSR count). The van der Waals surface area contributed by atoms with Crippen LogP contribution in [-0.2, 0) is 11.2 Å². The Balaban J connectivity index is 1.92. The largest absolute Gasteiger partial charge is 0.448 e. The van der Waals surface area contributed by atoms with E-state index in [1.807, 2.05) is 67.6 Å². The fourth-order valence-electron chi connectivity index (χ4n) is 2.65. The number of aliphatic hydroxyl groups excluding tert-OH is 1. The second-order valence-electron chi connectivity index (χ2n) is 5.59. The van der Waals surface area contributed by atoms with Crippen molar-refractivity contribution in [2.75, 3.05) is 6.61 Å². The first-order valence-corrected chi connectivity index (χ1v) is 8.88. The van der Waals surface area contributed by atoms with Crippen LogP contribution in [0.25, 0.3) is 0 Å². The lowest BCUT2D eigenvalue weighted by molar-refractivity contribution is 0.0382. The maximum Gasteiger partial charge on any atom is 0.351 e. The van der Waals surface area contributed by atoms with Crippen LogP contribution in [0.4, 0.5) is 0 Å². The van der Waals surface area contributed by atoms with E-state index in [-0.39, 0.29) is 6.61 Å².